The van der Waals surface area contributed by atoms with E-state index in [4.69, 9.17) is 4.42 Å². The van der Waals surface area contributed by atoms with Crippen LogP contribution in [-0.4, -0.2) is 14.5 Å². The summed E-state index contributed by atoms with van der Waals surface area (Å²) >= 11 is 0. The summed E-state index contributed by atoms with van der Waals surface area (Å²) in [4.78, 5) is 8.92. The van der Waals surface area contributed by atoms with Gasteiger partial charge in [-0.3, -0.25) is 4.98 Å². The standard InChI is InChI=1S/C14H19NO.C14H19N.C13H20.C11H17N/c1-9(2)13-15-11-8-10(14(3,4)5)6-7-12(11)16-13;1-10(2)12-5-6-14-13(9-12)7-8-15(14)11(3)4;1-10(2)11-6-8-12(9-7-11)13(3,4)5;1-8(2)10-5-6-11(9(3)4)12-7-10/h6-9H,1-5H3;5-11H,1-4H3;6-10H,1-5H3;5-9H,1-4H3. The Bertz CT molecular complexity index is 2030. The highest BCUT2D eigenvalue weighted by Crippen LogP contribution is 2.29. The monoisotopic (exact) mass is 758 g/mol. The van der Waals surface area contributed by atoms with E-state index in [0.717, 1.165) is 17.0 Å². The second kappa shape index (κ2) is 19.8. The Morgan fingerprint density at radius 3 is 1.52 bits per heavy atom. The molecule has 0 spiro atoms. The fraction of sp³-hybridized carbons (Fsp3) is 0.500. The number of aromatic nitrogens is 3. The fourth-order valence-electron chi connectivity index (χ4n) is 6.12. The molecule has 0 aliphatic heterocycles. The van der Waals surface area contributed by atoms with E-state index in [0.29, 0.717) is 35.6 Å². The van der Waals surface area contributed by atoms with Gasteiger partial charge in [0.05, 0.1) is 0 Å². The second-order valence-electron chi connectivity index (χ2n) is 19.3. The van der Waals surface area contributed by atoms with E-state index >= 15 is 0 Å². The maximum atomic E-state index is 5.69. The molecule has 3 aromatic heterocycles. The van der Waals surface area contributed by atoms with Crippen molar-refractivity contribution < 1.29 is 4.42 Å². The van der Waals surface area contributed by atoms with Crippen molar-refractivity contribution in [1.82, 2.24) is 14.5 Å². The smallest absolute Gasteiger partial charge is 0.198 e. The third kappa shape index (κ3) is 13.2. The van der Waals surface area contributed by atoms with Crippen LogP contribution >= 0.6 is 0 Å². The lowest BCUT2D eigenvalue weighted by atomic mass is 9.86. The van der Waals surface area contributed by atoms with Gasteiger partial charge in [-0.1, -0.05) is 153 Å². The van der Waals surface area contributed by atoms with E-state index in [-0.39, 0.29) is 10.8 Å². The summed E-state index contributed by atoms with van der Waals surface area (Å²) in [5.74, 6) is 3.52. The Labute approximate surface area is 341 Å². The van der Waals surface area contributed by atoms with Gasteiger partial charge in [-0.25, -0.2) is 4.98 Å². The second-order valence-corrected chi connectivity index (χ2v) is 19.3. The van der Waals surface area contributed by atoms with Crippen LogP contribution in [0.15, 0.2) is 95.7 Å². The Balaban J connectivity index is 0.000000202. The molecule has 0 atom stereocenters. The summed E-state index contributed by atoms with van der Waals surface area (Å²) < 4.78 is 8.00. The van der Waals surface area contributed by atoms with E-state index < -0.39 is 0 Å². The molecule has 3 heterocycles. The number of rotatable bonds is 6. The number of hydrogen-bond donors (Lipinski definition) is 0. The molecule has 6 rings (SSSR count). The molecule has 0 N–H and O–H groups in total. The molecule has 0 fully saturated rings. The quantitative estimate of drug-likeness (QED) is 0.170. The van der Waals surface area contributed by atoms with Crippen LogP contribution < -0.4 is 0 Å². The summed E-state index contributed by atoms with van der Waals surface area (Å²) in [6.45, 7) is 39.6. The zero-order valence-corrected chi connectivity index (χ0v) is 38.4. The van der Waals surface area contributed by atoms with Gasteiger partial charge in [0.1, 0.15) is 5.52 Å². The summed E-state index contributed by atoms with van der Waals surface area (Å²) in [6, 6.07) is 29.1. The van der Waals surface area contributed by atoms with Crippen molar-refractivity contribution in [1.29, 1.82) is 0 Å². The summed E-state index contributed by atoms with van der Waals surface area (Å²) in [5.41, 5.74) is 11.7. The topological polar surface area (TPSA) is 43.9 Å². The highest BCUT2D eigenvalue weighted by molar-refractivity contribution is 5.81. The predicted octanol–water partition coefficient (Wildman–Crippen LogP) is 16.0. The molecular weight excluding hydrogens is 683 g/mol. The average Bonchev–Trinajstić information content (AvgIpc) is 3.76. The van der Waals surface area contributed by atoms with Crippen molar-refractivity contribution in [2.45, 2.75) is 171 Å². The number of fused-ring (bicyclic) bond motifs is 2. The average molecular weight is 758 g/mol. The maximum Gasteiger partial charge on any atom is 0.198 e. The van der Waals surface area contributed by atoms with Crippen molar-refractivity contribution >= 4 is 22.0 Å². The van der Waals surface area contributed by atoms with Crippen LogP contribution in [0.2, 0.25) is 0 Å². The molecule has 4 heteroatoms. The minimum Gasteiger partial charge on any atom is -0.440 e. The van der Waals surface area contributed by atoms with Crippen LogP contribution in [0.3, 0.4) is 0 Å². The molecule has 0 unspecified atom stereocenters. The molecule has 4 nitrogen and oxygen atoms in total. The minimum absolute atomic E-state index is 0.158. The SMILES string of the molecule is CC(C)c1ccc(C(C)(C)C)cc1.CC(C)c1ccc(C(C)C)nc1.CC(C)c1ccc2c(ccn2C(C)C)c1.CC(C)c1nc2cc(C(C)(C)C)ccc2o1. The summed E-state index contributed by atoms with van der Waals surface area (Å²) in [7, 11) is 0. The summed E-state index contributed by atoms with van der Waals surface area (Å²) in [6.07, 6.45) is 4.17. The molecule has 0 saturated heterocycles. The van der Waals surface area contributed by atoms with Crippen molar-refractivity contribution in [3.63, 3.8) is 0 Å². The van der Waals surface area contributed by atoms with Crippen LogP contribution in [0.25, 0.3) is 22.0 Å². The van der Waals surface area contributed by atoms with Gasteiger partial charge in [0.25, 0.3) is 0 Å². The van der Waals surface area contributed by atoms with E-state index in [2.05, 4.69) is 218 Å². The van der Waals surface area contributed by atoms with Crippen LogP contribution in [0, 0.1) is 0 Å². The lowest BCUT2D eigenvalue weighted by molar-refractivity contribution is 0.501. The van der Waals surface area contributed by atoms with Gasteiger partial charge < -0.3 is 8.98 Å². The Hall–Kier alpha value is -4.18. The molecule has 0 amide bonds. The lowest BCUT2D eigenvalue weighted by Gasteiger charge is -2.19. The lowest BCUT2D eigenvalue weighted by Crippen LogP contribution is -2.10. The van der Waals surface area contributed by atoms with Gasteiger partial charge in [0, 0.05) is 35.6 Å². The maximum absolute atomic E-state index is 5.69. The zero-order valence-electron chi connectivity index (χ0n) is 38.4. The third-order valence-corrected chi connectivity index (χ3v) is 10.2. The van der Waals surface area contributed by atoms with Crippen LogP contribution in [0.1, 0.15) is 200 Å². The van der Waals surface area contributed by atoms with Gasteiger partial charge in [0.2, 0.25) is 0 Å². The molecule has 304 valence electrons. The van der Waals surface area contributed by atoms with E-state index in [9.17, 15) is 0 Å². The first-order chi connectivity index (χ1) is 26.0. The van der Waals surface area contributed by atoms with Crippen molar-refractivity contribution in [3.05, 3.63) is 131 Å². The number of nitrogens with zero attached hydrogens (tertiary/aromatic N) is 3. The zero-order chi connectivity index (χ0) is 42.1. The van der Waals surface area contributed by atoms with Gasteiger partial charge in [-0.2, -0.15) is 0 Å². The first kappa shape index (κ1) is 46.2. The normalized spacial score (nSPS) is 12.0. The number of hydrogen-bond acceptors (Lipinski definition) is 3. The molecule has 0 saturated carbocycles. The molecule has 0 radical (unpaired) electrons. The number of pyridine rings is 1. The van der Waals surface area contributed by atoms with Crippen molar-refractivity contribution in [3.8, 4) is 0 Å². The molecule has 56 heavy (non-hydrogen) atoms. The van der Waals surface area contributed by atoms with Gasteiger partial charge >= 0.3 is 0 Å². The van der Waals surface area contributed by atoms with E-state index in [1.807, 2.05) is 12.3 Å². The number of benzene rings is 3. The van der Waals surface area contributed by atoms with Gasteiger partial charge in [-0.05, 0) is 118 Å². The van der Waals surface area contributed by atoms with Crippen molar-refractivity contribution in [2.24, 2.45) is 0 Å². The molecule has 6 aromatic rings. The first-order valence-corrected chi connectivity index (χ1v) is 21.1. The third-order valence-electron chi connectivity index (χ3n) is 10.2. The first-order valence-electron chi connectivity index (χ1n) is 21.1. The molecular formula is C52H75N3O. The van der Waals surface area contributed by atoms with Crippen molar-refractivity contribution in [2.75, 3.05) is 0 Å². The predicted molar refractivity (Wildman–Crippen MR) is 245 cm³/mol. The van der Waals surface area contributed by atoms with E-state index in [1.165, 1.54) is 44.4 Å². The van der Waals surface area contributed by atoms with Gasteiger partial charge in [-0.15, -0.1) is 0 Å². The van der Waals surface area contributed by atoms with E-state index in [1.54, 1.807) is 0 Å². The van der Waals surface area contributed by atoms with Crippen LogP contribution in [0.4, 0.5) is 0 Å². The Kier molecular flexibility index (Phi) is 16.3. The van der Waals surface area contributed by atoms with Crippen LogP contribution in [-0.2, 0) is 10.8 Å². The largest absolute Gasteiger partial charge is 0.440 e. The minimum atomic E-state index is 0.158. The Morgan fingerprint density at radius 1 is 0.518 bits per heavy atom. The molecule has 3 aromatic carbocycles. The highest BCUT2D eigenvalue weighted by Gasteiger charge is 2.17. The molecule has 0 bridgehead atoms. The summed E-state index contributed by atoms with van der Waals surface area (Å²) in [5, 5.41) is 1.36. The van der Waals surface area contributed by atoms with Crippen LogP contribution in [0.5, 0.6) is 0 Å². The molecule has 0 aliphatic carbocycles. The molecule has 0 aliphatic rings. The van der Waals surface area contributed by atoms with Gasteiger partial charge in [0.15, 0.2) is 11.5 Å². The fourth-order valence-corrected chi connectivity index (χ4v) is 6.12. The number of oxazole rings is 1. The Morgan fingerprint density at radius 2 is 1.05 bits per heavy atom. The highest BCUT2D eigenvalue weighted by atomic mass is 16.3.